The highest BCUT2D eigenvalue weighted by molar-refractivity contribution is 5.63. The Kier molecular flexibility index (Phi) is 3.60. The molecule has 1 N–H and O–H groups in total. The minimum absolute atomic E-state index is 0.112. The van der Waals surface area contributed by atoms with Gasteiger partial charge in [-0.25, -0.2) is 5.10 Å². The predicted octanol–water partition coefficient (Wildman–Crippen LogP) is 3.01. The van der Waals surface area contributed by atoms with Gasteiger partial charge in [-0.05, 0) is 31.4 Å². The Morgan fingerprint density at radius 1 is 1.11 bits per heavy atom. The first-order valence-electron chi connectivity index (χ1n) is 6.28. The first kappa shape index (κ1) is 12.6. The quantitative estimate of drug-likeness (QED) is 0.899. The van der Waals surface area contributed by atoms with Crippen molar-refractivity contribution in [1.29, 1.82) is 0 Å². The fourth-order valence-electron chi connectivity index (χ4n) is 2.02. The molecule has 1 heterocycles. The Hall–Kier alpha value is -1.90. The zero-order valence-corrected chi connectivity index (χ0v) is 11.1. The number of aryl methyl sites for hydroxylation is 1. The Labute approximate surface area is 107 Å². The van der Waals surface area contributed by atoms with Gasteiger partial charge >= 0.3 is 0 Å². The van der Waals surface area contributed by atoms with Gasteiger partial charge in [-0.1, -0.05) is 37.6 Å². The van der Waals surface area contributed by atoms with Crippen molar-refractivity contribution in [3.05, 3.63) is 51.3 Å². The maximum absolute atomic E-state index is 11.4. The van der Waals surface area contributed by atoms with Crippen LogP contribution < -0.4 is 5.56 Å². The maximum atomic E-state index is 11.4. The zero-order chi connectivity index (χ0) is 13.1. The van der Waals surface area contributed by atoms with Crippen LogP contribution in [0.2, 0.25) is 0 Å². The van der Waals surface area contributed by atoms with Gasteiger partial charge in [0.25, 0.3) is 5.56 Å². The second-order valence-electron chi connectivity index (χ2n) is 4.60. The molecule has 0 aliphatic heterocycles. The number of nitrogens with zero attached hydrogens (tertiary/aromatic N) is 1. The van der Waals surface area contributed by atoms with Crippen LogP contribution in [0.4, 0.5) is 0 Å². The first-order chi connectivity index (χ1) is 8.63. The van der Waals surface area contributed by atoms with Crippen LogP contribution >= 0.6 is 0 Å². The summed E-state index contributed by atoms with van der Waals surface area (Å²) in [6.07, 6.45) is 2.24. The number of aromatic nitrogens is 2. The molecular formula is C15H18N2O. The third kappa shape index (κ3) is 2.35. The van der Waals surface area contributed by atoms with E-state index in [1.165, 1.54) is 5.56 Å². The van der Waals surface area contributed by atoms with Crippen LogP contribution in [0.5, 0.6) is 0 Å². The summed E-state index contributed by atoms with van der Waals surface area (Å²) in [5.74, 6) is 0. The molecule has 0 aliphatic rings. The van der Waals surface area contributed by atoms with Gasteiger partial charge in [0, 0.05) is 11.1 Å². The summed E-state index contributed by atoms with van der Waals surface area (Å²) in [4.78, 5) is 11.4. The van der Waals surface area contributed by atoms with Crippen molar-refractivity contribution in [3.8, 4) is 11.3 Å². The van der Waals surface area contributed by atoms with E-state index >= 15 is 0 Å². The Morgan fingerprint density at radius 3 is 2.39 bits per heavy atom. The number of nitrogens with one attached hydrogen (secondary N) is 1. The molecule has 0 amide bonds. The smallest absolute Gasteiger partial charge is 0.267 e. The van der Waals surface area contributed by atoms with Crippen LogP contribution in [0.3, 0.4) is 0 Å². The van der Waals surface area contributed by atoms with E-state index in [9.17, 15) is 4.79 Å². The van der Waals surface area contributed by atoms with Crippen molar-refractivity contribution in [2.24, 2.45) is 0 Å². The number of benzene rings is 1. The highest BCUT2D eigenvalue weighted by Crippen LogP contribution is 2.21. The molecule has 0 aliphatic carbocycles. The molecule has 0 spiro atoms. The molecule has 0 atom stereocenters. The summed E-state index contributed by atoms with van der Waals surface area (Å²) < 4.78 is 0. The van der Waals surface area contributed by atoms with Crippen LogP contribution in [0.25, 0.3) is 11.3 Å². The number of hydrogen-bond donors (Lipinski definition) is 1. The third-order valence-corrected chi connectivity index (χ3v) is 3.29. The molecule has 0 fully saturated rings. The van der Waals surface area contributed by atoms with Gasteiger partial charge in [0.1, 0.15) is 0 Å². The SMILES string of the molecule is CCCc1ccc(-c2n[nH]c(=O)c(C)c2C)cc1. The number of aromatic amines is 1. The average Bonchev–Trinajstić information content (AvgIpc) is 2.38. The molecule has 3 nitrogen and oxygen atoms in total. The molecule has 1 aromatic carbocycles. The third-order valence-electron chi connectivity index (χ3n) is 3.29. The molecular weight excluding hydrogens is 224 g/mol. The Bertz CT molecular complexity index is 597. The highest BCUT2D eigenvalue weighted by Gasteiger charge is 2.08. The van der Waals surface area contributed by atoms with Crippen LogP contribution in [0, 0.1) is 13.8 Å². The van der Waals surface area contributed by atoms with Gasteiger partial charge < -0.3 is 0 Å². The van der Waals surface area contributed by atoms with E-state index in [2.05, 4.69) is 41.4 Å². The van der Waals surface area contributed by atoms with Gasteiger partial charge in [-0.2, -0.15) is 5.10 Å². The van der Waals surface area contributed by atoms with E-state index in [1.807, 2.05) is 13.8 Å². The Balaban J connectivity index is 2.43. The summed E-state index contributed by atoms with van der Waals surface area (Å²) in [5, 5.41) is 6.69. The first-order valence-corrected chi connectivity index (χ1v) is 6.28. The molecule has 0 bridgehead atoms. The van der Waals surface area contributed by atoms with Crippen molar-refractivity contribution >= 4 is 0 Å². The van der Waals surface area contributed by atoms with Gasteiger partial charge in [0.15, 0.2) is 0 Å². The lowest BCUT2D eigenvalue weighted by Crippen LogP contribution is -2.14. The summed E-state index contributed by atoms with van der Waals surface area (Å²) in [6.45, 7) is 5.93. The molecule has 0 saturated heterocycles. The summed E-state index contributed by atoms with van der Waals surface area (Å²) in [6, 6.07) is 8.39. The van der Waals surface area contributed by atoms with E-state index in [0.717, 1.165) is 35.2 Å². The number of H-pyrrole nitrogens is 1. The van der Waals surface area contributed by atoms with E-state index in [-0.39, 0.29) is 5.56 Å². The van der Waals surface area contributed by atoms with E-state index in [4.69, 9.17) is 0 Å². The molecule has 3 heteroatoms. The van der Waals surface area contributed by atoms with Crippen LogP contribution in [-0.4, -0.2) is 10.2 Å². The topological polar surface area (TPSA) is 45.8 Å². The molecule has 0 saturated carbocycles. The second kappa shape index (κ2) is 5.17. The Morgan fingerprint density at radius 2 is 1.78 bits per heavy atom. The van der Waals surface area contributed by atoms with Crippen LogP contribution in [0.15, 0.2) is 29.1 Å². The van der Waals surface area contributed by atoms with Crippen molar-refractivity contribution in [2.45, 2.75) is 33.6 Å². The molecule has 1 aromatic heterocycles. The van der Waals surface area contributed by atoms with Crippen molar-refractivity contribution in [1.82, 2.24) is 10.2 Å². The van der Waals surface area contributed by atoms with Crippen molar-refractivity contribution in [3.63, 3.8) is 0 Å². The van der Waals surface area contributed by atoms with Gasteiger partial charge in [-0.15, -0.1) is 0 Å². The van der Waals surface area contributed by atoms with Crippen molar-refractivity contribution < 1.29 is 0 Å². The standard InChI is InChI=1S/C15H18N2O/c1-4-5-12-6-8-13(9-7-12)14-10(2)11(3)15(18)17-16-14/h6-9H,4-5H2,1-3H3,(H,17,18). The van der Waals surface area contributed by atoms with Crippen LogP contribution in [0.1, 0.15) is 30.0 Å². The highest BCUT2D eigenvalue weighted by atomic mass is 16.1. The molecule has 0 unspecified atom stereocenters. The lowest BCUT2D eigenvalue weighted by atomic mass is 10.0. The number of rotatable bonds is 3. The largest absolute Gasteiger partial charge is 0.268 e. The van der Waals surface area contributed by atoms with E-state index in [1.54, 1.807) is 0 Å². The number of hydrogen-bond acceptors (Lipinski definition) is 2. The molecule has 2 aromatic rings. The van der Waals surface area contributed by atoms with Crippen LogP contribution in [-0.2, 0) is 6.42 Å². The van der Waals surface area contributed by atoms with Gasteiger partial charge in [0.2, 0.25) is 0 Å². The normalized spacial score (nSPS) is 10.6. The summed E-state index contributed by atoms with van der Waals surface area (Å²) >= 11 is 0. The molecule has 0 radical (unpaired) electrons. The fraction of sp³-hybridized carbons (Fsp3) is 0.333. The zero-order valence-electron chi connectivity index (χ0n) is 11.1. The minimum atomic E-state index is -0.112. The van der Waals surface area contributed by atoms with Gasteiger partial charge in [0.05, 0.1) is 5.69 Å². The predicted molar refractivity (Wildman–Crippen MR) is 73.8 cm³/mol. The van der Waals surface area contributed by atoms with Crippen molar-refractivity contribution in [2.75, 3.05) is 0 Å². The fourth-order valence-corrected chi connectivity index (χ4v) is 2.02. The lowest BCUT2D eigenvalue weighted by molar-refractivity contribution is 0.921. The maximum Gasteiger partial charge on any atom is 0.267 e. The summed E-state index contributed by atoms with van der Waals surface area (Å²) in [7, 11) is 0. The van der Waals surface area contributed by atoms with Gasteiger partial charge in [-0.3, -0.25) is 4.79 Å². The molecule has 94 valence electrons. The molecule has 2 rings (SSSR count). The van der Waals surface area contributed by atoms with E-state index < -0.39 is 0 Å². The average molecular weight is 242 g/mol. The molecule has 18 heavy (non-hydrogen) atoms. The second-order valence-corrected chi connectivity index (χ2v) is 4.60. The van der Waals surface area contributed by atoms with E-state index in [0.29, 0.717) is 0 Å². The lowest BCUT2D eigenvalue weighted by Gasteiger charge is -2.07. The minimum Gasteiger partial charge on any atom is -0.268 e. The monoisotopic (exact) mass is 242 g/mol. The summed E-state index contributed by atoms with van der Waals surface area (Å²) in [5.41, 5.74) is 4.81.